The number of carbonyl (C=O) groups is 1. The molecule has 0 aliphatic carbocycles. The quantitative estimate of drug-likeness (QED) is 0.539. The van der Waals surface area contributed by atoms with E-state index in [9.17, 15) is 4.79 Å². The highest BCUT2D eigenvalue weighted by Crippen LogP contribution is 2.25. The zero-order valence-corrected chi connectivity index (χ0v) is 10.3. The van der Waals surface area contributed by atoms with Crippen LogP contribution in [0, 0.1) is 0 Å². The Balaban J connectivity index is 2.23. The molecule has 2 aromatic heterocycles. The monoisotopic (exact) mass is 256 g/mol. The van der Waals surface area contributed by atoms with Crippen LogP contribution < -0.4 is 5.73 Å². The first-order valence-electron chi connectivity index (χ1n) is 5.90. The van der Waals surface area contributed by atoms with Crippen molar-refractivity contribution in [2.45, 2.75) is 6.92 Å². The lowest BCUT2D eigenvalue weighted by Crippen LogP contribution is -2.09. The first-order chi connectivity index (χ1) is 9.19. The molecule has 0 atom stereocenters. The van der Waals surface area contributed by atoms with E-state index in [-0.39, 0.29) is 5.82 Å². The molecule has 3 aromatic rings. The van der Waals surface area contributed by atoms with Crippen molar-refractivity contribution in [3.05, 3.63) is 30.2 Å². The summed E-state index contributed by atoms with van der Waals surface area (Å²) in [7, 11) is 0. The molecule has 1 aromatic carbocycles. The number of aromatic amines is 1. The van der Waals surface area contributed by atoms with Gasteiger partial charge in [0.05, 0.1) is 18.3 Å². The number of nitrogens with one attached hydrogen (secondary N) is 1. The number of fused-ring (bicyclic) bond motifs is 3. The van der Waals surface area contributed by atoms with Gasteiger partial charge >= 0.3 is 5.97 Å². The Labute approximate surface area is 108 Å². The maximum absolute atomic E-state index is 11.6. The number of anilines is 1. The largest absolute Gasteiger partial charge is 0.460 e. The third-order valence-electron chi connectivity index (χ3n) is 2.81. The number of nitrogen functional groups attached to an aromatic ring is 1. The van der Waals surface area contributed by atoms with Crippen molar-refractivity contribution in [1.29, 1.82) is 0 Å². The molecule has 0 spiro atoms. The summed E-state index contributed by atoms with van der Waals surface area (Å²) in [6.07, 6.45) is 1.57. The van der Waals surface area contributed by atoms with Crippen molar-refractivity contribution in [3.8, 4) is 0 Å². The van der Waals surface area contributed by atoms with Gasteiger partial charge < -0.3 is 15.5 Å². The fourth-order valence-corrected chi connectivity index (χ4v) is 1.98. The Bertz CT molecular complexity index is 779. The maximum atomic E-state index is 11.6. The third-order valence-corrected chi connectivity index (χ3v) is 2.81. The van der Waals surface area contributed by atoms with Crippen LogP contribution >= 0.6 is 0 Å². The normalized spacial score (nSPS) is 11.0. The molecule has 0 saturated heterocycles. The Morgan fingerprint density at radius 2 is 2.26 bits per heavy atom. The molecular weight excluding hydrogens is 244 g/mol. The number of benzene rings is 1. The molecule has 0 bridgehead atoms. The average Bonchev–Trinajstić information content (AvgIpc) is 2.76. The molecule has 0 saturated carbocycles. The fourth-order valence-electron chi connectivity index (χ4n) is 1.98. The number of aromatic nitrogens is 3. The lowest BCUT2D eigenvalue weighted by atomic mass is 10.2. The van der Waals surface area contributed by atoms with Gasteiger partial charge in [0.15, 0.2) is 0 Å². The molecule has 0 aliphatic heterocycles. The Kier molecular flexibility index (Phi) is 2.56. The number of hydrogen-bond donors (Lipinski definition) is 2. The second-order valence-corrected chi connectivity index (χ2v) is 4.11. The second kappa shape index (κ2) is 4.24. The van der Waals surface area contributed by atoms with Crippen LogP contribution in [0.1, 0.15) is 17.5 Å². The van der Waals surface area contributed by atoms with Gasteiger partial charge in [-0.15, -0.1) is 0 Å². The molecule has 6 heteroatoms. The van der Waals surface area contributed by atoms with Crippen molar-refractivity contribution in [3.63, 3.8) is 0 Å². The van der Waals surface area contributed by atoms with Crippen LogP contribution in [0.5, 0.6) is 0 Å². The van der Waals surface area contributed by atoms with E-state index in [0.717, 1.165) is 16.4 Å². The first kappa shape index (κ1) is 11.5. The lowest BCUT2D eigenvalue weighted by Gasteiger charge is -1.99. The van der Waals surface area contributed by atoms with E-state index in [0.29, 0.717) is 17.8 Å². The molecule has 3 N–H and O–H groups in total. The zero-order chi connectivity index (χ0) is 13.4. The summed E-state index contributed by atoms with van der Waals surface area (Å²) in [5, 5.41) is 0.864. The summed E-state index contributed by atoms with van der Waals surface area (Å²) >= 11 is 0. The molecule has 19 heavy (non-hydrogen) atoms. The van der Waals surface area contributed by atoms with E-state index in [2.05, 4.69) is 15.0 Å². The van der Waals surface area contributed by atoms with Gasteiger partial charge in [0.1, 0.15) is 5.52 Å². The van der Waals surface area contributed by atoms with Gasteiger partial charge in [-0.1, -0.05) is 0 Å². The predicted octanol–water partition coefficient (Wildman–Crippen LogP) is 1.87. The third kappa shape index (κ3) is 1.87. The molecule has 0 amide bonds. The maximum Gasteiger partial charge on any atom is 0.376 e. The molecule has 0 fully saturated rings. The van der Waals surface area contributed by atoms with E-state index in [4.69, 9.17) is 10.5 Å². The molecule has 0 aliphatic rings. The first-order valence-corrected chi connectivity index (χ1v) is 5.90. The van der Waals surface area contributed by atoms with Crippen LogP contribution in [0.2, 0.25) is 0 Å². The van der Waals surface area contributed by atoms with Crippen LogP contribution in [0.25, 0.3) is 21.9 Å². The molecular formula is C13H12N4O2. The zero-order valence-electron chi connectivity index (χ0n) is 10.3. The predicted molar refractivity (Wildman–Crippen MR) is 71.8 cm³/mol. The van der Waals surface area contributed by atoms with Crippen molar-refractivity contribution in [1.82, 2.24) is 15.0 Å². The minimum absolute atomic E-state index is 0.0534. The van der Waals surface area contributed by atoms with E-state index in [1.807, 2.05) is 12.1 Å². The van der Waals surface area contributed by atoms with Crippen molar-refractivity contribution < 1.29 is 9.53 Å². The number of H-pyrrole nitrogens is 1. The smallest absolute Gasteiger partial charge is 0.376 e. The van der Waals surface area contributed by atoms with Crippen LogP contribution in [0.3, 0.4) is 0 Å². The van der Waals surface area contributed by atoms with Crippen molar-refractivity contribution in [2.75, 3.05) is 12.3 Å². The van der Waals surface area contributed by atoms with Crippen LogP contribution in [-0.2, 0) is 4.74 Å². The van der Waals surface area contributed by atoms with Crippen LogP contribution in [0.15, 0.2) is 24.4 Å². The van der Waals surface area contributed by atoms with Gasteiger partial charge in [0, 0.05) is 16.6 Å². The number of ether oxygens (including phenoxy) is 1. The summed E-state index contributed by atoms with van der Waals surface area (Å²) in [5.41, 5.74) is 8.74. The fraction of sp³-hybridized carbons (Fsp3) is 0.154. The van der Waals surface area contributed by atoms with Gasteiger partial charge in [-0.05, 0) is 25.1 Å². The number of nitrogens with two attached hydrogens (primary N) is 1. The minimum atomic E-state index is -0.525. The molecule has 6 nitrogen and oxygen atoms in total. The summed E-state index contributed by atoms with van der Waals surface area (Å²) < 4.78 is 4.89. The Morgan fingerprint density at radius 1 is 1.42 bits per heavy atom. The van der Waals surface area contributed by atoms with E-state index in [1.165, 1.54) is 0 Å². The number of nitrogens with zero attached hydrogens (tertiary/aromatic N) is 2. The number of rotatable bonds is 2. The van der Waals surface area contributed by atoms with Gasteiger partial charge in [-0.2, -0.15) is 0 Å². The van der Waals surface area contributed by atoms with E-state index < -0.39 is 5.97 Å². The average molecular weight is 256 g/mol. The Hall–Kier alpha value is -2.63. The molecule has 0 unspecified atom stereocenters. The topological polar surface area (TPSA) is 93.9 Å². The summed E-state index contributed by atoms with van der Waals surface area (Å²) in [6, 6.07) is 5.49. The SMILES string of the molecule is CCOC(=O)c1ncc2[nH]c3ccc(N)cc3c2n1. The standard InChI is InChI=1S/C13H12N4O2/c1-2-19-13(18)12-15-6-10-11(17-12)8-5-7(14)3-4-9(8)16-10/h3-6,16H,2,14H2,1H3. The van der Waals surface area contributed by atoms with Gasteiger partial charge in [0.25, 0.3) is 0 Å². The molecule has 3 rings (SSSR count). The number of hydrogen-bond acceptors (Lipinski definition) is 5. The van der Waals surface area contributed by atoms with E-state index >= 15 is 0 Å². The summed E-state index contributed by atoms with van der Waals surface area (Å²) in [6.45, 7) is 2.03. The van der Waals surface area contributed by atoms with Crippen molar-refractivity contribution >= 4 is 33.6 Å². The van der Waals surface area contributed by atoms with Crippen LogP contribution in [-0.4, -0.2) is 27.5 Å². The molecule has 2 heterocycles. The van der Waals surface area contributed by atoms with Crippen LogP contribution in [0.4, 0.5) is 5.69 Å². The lowest BCUT2D eigenvalue weighted by molar-refractivity contribution is 0.0512. The number of esters is 1. The molecule has 96 valence electrons. The number of carbonyl (C=O) groups excluding carboxylic acids is 1. The highest BCUT2D eigenvalue weighted by molar-refractivity contribution is 6.06. The highest BCUT2D eigenvalue weighted by Gasteiger charge is 2.13. The second-order valence-electron chi connectivity index (χ2n) is 4.11. The highest BCUT2D eigenvalue weighted by atomic mass is 16.5. The van der Waals surface area contributed by atoms with Gasteiger partial charge in [0.2, 0.25) is 5.82 Å². The van der Waals surface area contributed by atoms with Gasteiger partial charge in [-0.25, -0.2) is 14.8 Å². The molecule has 0 radical (unpaired) electrons. The van der Waals surface area contributed by atoms with E-state index in [1.54, 1.807) is 19.2 Å². The minimum Gasteiger partial charge on any atom is -0.460 e. The summed E-state index contributed by atoms with van der Waals surface area (Å²) in [5.74, 6) is -0.472. The summed E-state index contributed by atoms with van der Waals surface area (Å²) in [4.78, 5) is 23.0. The van der Waals surface area contributed by atoms with Crippen molar-refractivity contribution in [2.24, 2.45) is 0 Å². The Morgan fingerprint density at radius 3 is 3.05 bits per heavy atom. The van der Waals surface area contributed by atoms with Gasteiger partial charge in [-0.3, -0.25) is 0 Å².